The lowest BCUT2D eigenvalue weighted by molar-refractivity contribution is 0.345. The summed E-state index contributed by atoms with van der Waals surface area (Å²) < 4.78 is 22.7. The van der Waals surface area contributed by atoms with Crippen molar-refractivity contribution >= 4 is 51.5 Å². The van der Waals surface area contributed by atoms with Gasteiger partial charge in [0.05, 0.1) is 5.75 Å². The summed E-state index contributed by atoms with van der Waals surface area (Å²) in [5.74, 6) is 1.05. The van der Waals surface area contributed by atoms with E-state index in [0.717, 1.165) is 11.2 Å². The van der Waals surface area contributed by atoms with E-state index in [1.807, 2.05) is 11.8 Å². The molecule has 1 rings (SSSR count). The average Bonchev–Trinajstić information content (AvgIpc) is 2.49. The Morgan fingerprint density at radius 1 is 1.33 bits per heavy atom. The van der Waals surface area contributed by atoms with Crippen molar-refractivity contribution in [1.29, 1.82) is 0 Å². The maximum Gasteiger partial charge on any atom is 0.191 e. The molecule has 0 aliphatic heterocycles. The van der Waals surface area contributed by atoms with E-state index < -0.39 is 9.84 Å². The molecule has 0 aromatic carbocycles. The molecule has 1 aliphatic carbocycles. The number of nitrogens with one attached hydrogen (secondary N) is 2. The fourth-order valence-electron chi connectivity index (χ4n) is 2.75. The van der Waals surface area contributed by atoms with Crippen LogP contribution >= 0.6 is 35.7 Å². The van der Waals surface area contributed by atoms with Gasteiger partial charge in [-0.2, -0.15) is 11.8 Å². The molecule has 24 heavy (non-hydrogen) atoms. The Hall–Kier alpha value is 0.300. The highest BCUT2D eigenvalue weighted by Crippen LogP contribution is 2.27. The Balaban J connectivity index is 0.00000529. The molecule has 2 unspecified atom stereocenters. The smallest absolute Gasteiger partial charge is 0.191 e. The third kappa shape index (κ3) is 10.3. The van der Waals surface area contributed by atoms with Gasteiger partial charge in [-0.1, -0.05) is 20.3 Å². The zero-order valence-electron chi connectivity index (χ0n) is 15.6. The first-order chi connectivity index (χ1) is 10.6. The van der Waals surface area contributed by atoms with Gasteiger partial charge >= 0.3 is 0 Å². The van der Waals surface area contributed by atoms with Gasteiger partial charge in [-0.15, -0.1) is 24.0 Å². The Labute approximate surface area is 169 Å². The van der Waals surface area contributed by atoms with Crippen molar-refractivity contribution in [2.75, 3.05) is 31.9 Å². The number of thioether (sulfide) groups is 1. The number of nitrogens with zero attached hydrogens (tertiary/aromatic N) is 1. The zero-order chi connectivity index (χ0) is 17.5. The van der Waals surface area contributed by atoms with Crippen molar-refractivity contribution in [3.63, 3.8) is 0 Å². The SMILES string of the molecule is CN=C(NCC(C)(C)CCS(C)(=O)=O)NC1CCCC(SC)C1.I. The molecular formula is C16H34IN3O2S2. The van der Waals surface area contributed by atoms with E-state index in [2.05, 4.69) is 35.7 Å². The maximum absolute atomic E-state index is 11.3. The van der Waals surface area contributed by atoms with Gasteiger partial charge in [0.1, 0.15) is 9.84 Å². The number of rotatable bonds is 7. The van der Waals surface area contributed by atoms with E-state index in [4.69, 9.17) is 0 Å². The molecule has 8 heteroatoms. The molecular weight excluding hydrogens is 457 g/mol. The third-order valence-electron chi connectivity index (χ3n) is 4.41. The van der Waals surface area contributed by atoms with E-state index >= 15 is 0 Å². The summed E-state index contributed by atoms with van der Waals surface area (Å²) in [4.78, 5) is 4.31. The Morgan fingerprint density at radius 2 is 2.00 bits per heavy atom. The van der Waals surface area contributed by atoms with E-state index in [9.17, 15) is 8.42 Å². The highest BCUT2D eigenvalue weighted by Gasteiger charge is 2.24. The van der Waals surface area contributed by atoms with Crippen LogP contribution in [0.2, 0.25) is 0 Å². The number of halogens is 1. The van der Waals surface area contributed by atoms with E-state index in [0.29, 0.717) is 19.0 Å². The normalized spacial score (nSPS) is 22.6. The number of hydrogen-bond acceptors (Lipinski definition) is 4. The highest BCUT2D eigenvalue weighted by molar-refractivity contribution is 14.0. The summed E-state index contributed by atoms with van der Waals surface area (Å²) >= 11 is 1.95. The summed E-state index contributed by atoms with van der Waals surface area (Å²) in [6, 6.07) is 0.478. The quantitative estimate of drug-likeness (QED) is 0.326. The van der Waals surface area contributed by atoms with Gasteiger partial charge in [0.2, 0.25) is 0 Å². The number of hydrogen-bond donors (Lipinski definition) is 2. The van der Waals surface area contributed by atoms with Crippen LogP contribution in [-0.2, 0) is 9.84 Å². The van der Waals surface area contributed by atoms with Crippen LogP contribution in [0.1, 0.15) is 46.0 Å². The Kier molecular flexibility index (Phi) is 11.2. The largest absolute Gasteiger partial charge is 0.356 e. The molecule has 5 nitrogen and oxygen atoms in total. The van der Waals surface area contributed by atoms with Crippen molar-refractivity contribution in [2.45, 2.75) is 57.2 Å². The van der Waals surface area contributed by atoms with Crippen molar-refractivity contribution in [3.05, 3.63) is 0 Å². The van der Waals surface area contributed by atoms with Gasteiger partial charge in [0.15, 0.2) is 5.96 Å². The maximum atomic E-state index is 11.3. The molecule has 2 atom stereocenters. The summed E-state index contributed by atoms with van der Waals surface area (Å²) in [7, 11) is -1.12. The second-order valence-corrected chi connectivity index (χ2v) is 10.7. The van der Waals surface area contributed by atoms with Crippen LogP contribution in [0.15, 0.2) is 4.99 Å². The van der Waals surface area contributed by atoms with Crippen molar-refractivity contribution in [3.8, 4) is 0 Å². The predicted octanol–water partition coefficient (Wildman–Crippen LogP) is 2.90. The van der Waals surface area contributed by atoms with Crippen LogP contribution in [0.3, 0.4) is 0 Å². The van der Waals surface area contributed by atoms with E-state index in [1.54, 1.807) is 7.05 Å². The minimum absolute atomic E-state index is 0. The molecule has 0 bridgehead atoms. The van der Waals surface area contributed by atoms with Crippen LogP contribution in [0.25, 0.3) is 0 Å². The minimum Gasteiger partial charge on any atom is -0.356 e. The first kappa shape index (κ1) is 24.3. The van der Waals surface area contributed by atoms with Crippen LogP contribution < -0.4 is 10.6 Å². The number of guanidine groups is 1. The molecule has 144 valence electrons. The van der Waals surface area contributed by atoms with Crippen molar-refractivity contribution in [1.82, 2.24) is 10.6 Å². The molecule has 0 radical (unpaired) electrons. The monoisotopic (exact) mass is 491 g/mol. The predicted molar refractivity (Wildman–Crippen MR) is 118 cm³/mol. The van der Waals surface area contributed by atoms with Crippen LogP contribution in [0, 0.1) is 5.41 Å². The van der Waals surface area contributed by atoms with Gasteiger partial charge in [0, 0.05) is 31.1 Å². The number of sulfone groups is 1. The van der Waals surface area contributed by atoms with Crippen molar-refractivity contribution in [2.24, 2.45) is 10.4 Å². The minimum atomic E-state index is -2.91. The summed E-state index contributed by atoms with van der Waals surface area (Å²) in [5, 5.41) is 7.63. The zero-order valence-corrected chi connectivity index (χ0v) is 19.6. The van der Waals surface area contributed by atoms with Gasteiger partial charge in [-0.3, -0.25) is 4.99 Å². The van der Waals surface area contributed by atoms with Gasteiger partial charge in [-0.05, 0) is 37.4 Å². The fourth-order valence-corrected chi connectivity index (χ4v) is 4.50. The standard InChI is InChI=1S/C16H33N3O2S2.HI/c1-16(2,9-10-23(5,20)21)12-18-15(17-3)19-13-7-6-8-14(11-13)22-4;/h13-14H,6-12H2,1-5H3,(H2,17,18,19);1H. The van der Waals surface area contributed by atoms with Gasteiger partial charge in [-0.25, -0.2) is 8.42 Å². The number of aliphatic imine (C=N–C) groups is 1. The first-order valence-electron chi connectivity index (χ1n) is 8.33. The van der Waals surface area contributed by atoms with Gasteiger partial charge in [0.25, 0.3) is 0 Å². The summed E-state index contributed by atoms with van der Waals surface area (Å²) in [6.45, 7) is 4.88. The van der Waals surface area contributed by atoms with Crippen molar-refractivity contribution < 1.29 is 8.42 Å². The molecule has 1 aliphatic rings. The second-order valence-electron chi connectivity index (χ2n) is 7.34. The Bertz CT molecular complexity index is 496. The molecule has 2 N–H and O–H groups in total. The van der Waals surface area contributed by atoms with Crippen LogP contribution in [0.4, 0.5) is 0 Å². The summed E-state index contributed by atoms with van der Waals surface area (Å²) in [6.07, 6.45) is 9.07. The highest BCUT2D eigenvalue weighted by atomic mass is 127. The fraction of sp³-hybridized carbons (Fsp3) is 0.938. The van der Waals surface area contributed by atoms with Crippen LogP contribution in [0.5, 0.6) is 0 Å². The lowest BCUT2D eigenvalue weighted by atomic mass is 9.90. The first-order valence-corrected chi connectivity index (χ1v) is 11.7. The topological polar surface area (TPSA) is 70.6 Å². The van der Waals surface area contributed by atoms with E-state index in [1.165, 1.54) is 31.9 Å². The van der Waals surface area contributed by atoms with E-state index in [-0.39, 0.29) is 35.1 Å². The summed E-state index contributed by atoms with van der Waals surface area (Å²) in [5.41, 5.74) is -0.0882. The molecule has 1 fully saturated rings. The lowest BCUT2D eigenvalue weighted by Crippen LogP contribution is -2.48. The average molecular weight is 492 g/mol. The lowest BCUT2D eigenvalue weighted by Gasteiger charge is -2.31. The molecule has 1 saturated carbocycles. The molecule has 0 aromatic rings. The Morgan fingerprint density at radius 3 is 2.54 bits per heavy atom. The molecule has 0 heterocycles. The molecule has 0 amide bonds. The molecule has 0 saturated heterocycles. The molecule has 0 aromatic heterocycles. The third-order valence-corrected chi connectivity index (χ3v) is 6.45. The van der Waals surface area contributed by atoms with Gasteiger partial charge < -0.3 is 10.6 Å². The van der Waals surface area contributed by atoms with Crippen LogP contribution in [-0.4, -0.2) is 57.5 Å². The second kappa shape index (κ2) is 11.1. The molecule has 0 spiro atoms.